The summed E-state index contributed by atoms with van der Waals surface area (Å²) < 4.78 is 0. The summed E-state index contributed by atoms with van der Waals surface area (Å²) >= 11 is 7.55. The normalized spacial score (nSPS) is 20.5. The van der Waals surface area contributed by atoms with Gasteiger partial charge in [0.15, 0.2) is 5.17 Å². The second-order valence-electron chi connectivity index (χ2n) is 5.83. The van der Waals surface area contributed by atoms with Crippen LogP contribution in [0.5, 0.6) is 0 Å². The Labute approximate surface area is 158 Å². The molecule has 0 bridgehead atoms. The largest absolute Gasteiger partial charge is 0.379 e. The Bertz CT molecular complexity index is 756. The summed E-state index contributed by atoms with van der Waals surface area (Å²) in [5.41, 5.74) is 9.19. The third-order valence-electron chi connectivity index (χ3n) is 4.04. The molecule has 0 aromatic heterocycles. The summed E-state index contributed by atoms with van der Waals surface area (Å²) in [6, 6.07) is 16.3. The first-order chi connectivity index (χ1) is 11.0. The molecule has 1 heterocycles. The molecule has 0 radical (unpaired) electrons. The van der Waals surface area contributed by atoms with Crippen LogP contribution in [0, 0.1) is 0 Å². The molecule has 0 aliphatic carbocycles. The first-order valence-corrected chi connectivity index (χ1v) is 8.94. The lowest BCUT2D eigenvalue weighted by Gasteiger charge is -2.29. The Morgan fingerprint density at radius 3 is 2.54 bits per heavy atom. The van der Waals surface area contributed by atoms with Crippen LogP contribution >= 0.6 is 35.8 Å². The van der Waals surface area contributed by atoms with Crippen LogP contribution in [0.1, 0.15) is 30.0 Å². The fraction of sp³-hybridized carbons (Fsp3) is 0.211. The zero-order valence-corrected chi connectivity index (χ0v) is 15.8. The molecular formula is C19H20Cl2N2S. The van der Waals surface area contributed by atoms with Crippen molar-refractivity contribution in [2.45, 2.75) is 18.9 Å². The number of aliphatic imine (C=N–C) groups is 1. The Morgan fingerprint density at radius 2 is 1.83 bits per heavy atom. The van der Waals surface area contributed by atoms with Gasteiger partial charge in [0.2, 0.25) is 0 Å². The average Bonchev–Trinajstić information content (AvgIpc) is 2.54. The van der Waals surface area contributed by atoms with Crippen molar-refractivity contribution in [3.8, 4) is 0 Å². The van der Waals surface area contributed by atoms with Gasteiger partial charge in [0.1, 0.15) is 0 Å². The molecule has 1 aliphatic rings. The van der Waals surface area contributed by atoms with Crippen LogP contribution in [0.2, 0.25) is 5.02 Å². The summed E-state index contributed by atoms with van der Waals surface area (Å²) in [5, 5.41) is 1.43. The highest BCUT2D eigenvalue weighted by Gasteiger charge is 2.29. The number of amidine groups is 1. The maximum absolute atomic E-state index is 5.92. The maximum atomic E-state index is 5.92. The van der Waals surface area contributed by atoms with Crippen molar-refractivity contribution in [2.75, 3.05) is 5.75 Å². The van der Waals surface area contributed by atoms with Crippen molar-refractivity contribution < 1.29 is 0 Å². The van der Waals surface area contributed by atoms with Crippen molar-refractivity contribution in [3.05, 3.63) is 70.2 Å². The summed E-state index contributed by atoms with van der Waals surface area (Å²) in [6.07, 6.45) is 5.20. The molecule has 1 aliphatic heterocycles. The predicted molar refractivity (Wildman–Crippen MR) is 110 cm³/mol. The molecule has 2 N–H and O–H groups in total. The highest BCUT2D eigenvalue weighted by atomic mass is 35.5. The monoisotopic (exact) mass is 378 g/mol. The highest BCUT2D eigenvalue weighted by Crippen LogP contribution is 2.35. The molecule has 3 rings (SSSR count). The van der Waals surface area contributed by atoms with Gasteiger partial charge in [-0.2, -0.15) is 0 Å². The van der Waals surface area contributed by atoms with E-state index in [0.29, 0.717) is 5.17 Å². The fourth-order valence-electron chi connectivity index (χ4n) is 2.64. The van der Waals surface area contributed by atoms with E-state index in [2.05, 4.69) is 48.3 Å². The number of hydrogen-bond acceptors (Lipinski definition) is 3. The molecule has 0 amide bonds. The van der Waals surface area contributed by atoms with Gasteiger partial charge in [-0.1, -0.05) is 65.8 Å². The molecule has 0 saturated heterocycles. The summed E-state index contributed by atoms with van der Waals surface area (Å²) in [4.78, 5) is 4.67. The fourth-order valence-corrected chi connectivity index (χ4v) is 3.74. The second kappa shape index (κ2) is 8.11. The van der Waals surface area contributed by atoms with E-state index in [1.165, 1.54) is 5.56 Å². The van der Waals surface area contributed by atoms with Gasteiger partial charge in [-0.25, -0.2) is 0 Å². The van der Waals surface area contributed by atoms with Gasteiger partial charge in [0.25, 0.3) is 0 Å². The Balaban J connectivity index is 0.00000208. The zero-order chi connectivity index (χ0) is 16.3. The van der Waals surface area contributed by atoms with E-state index in [4.69, 9.17) is 17.3 Å². The molecule has 1 unspecified atom stereocenters. The van der Waals surface area contributed by atoms with E-state index in [1.807, 2.05) is 24.3 Å². The lowest BCUT2D eigenvalue weighted by atomic mass is 9.89. The molecule has 24 heavy (non-hydrogen) atoms. The maximum Gasteiger partial charge on any atom is 0.154 e. The van der Waals surface area contributed by atoms with E-state index in [-0.39, 0.29) is 17.9 Å². The number of benzene rings is 2. The third kappa shape index (κ3) is 4.56. The first kappa shape index (κ1) is 18.9. The quantitative estimate of drug-likeness (QED) is 0.705. The van der Waals surface area contributed by atoms with E-state index in [1.54, 1.807) is 11.8 Å². The van der Waals surface area contributed by atoms with Gasteiger partial charge in [-0.05, 0) is 48.2 Å². The minimum atomic E-state index is -0.223. The second-order valence-corrected chi connectivity index (χ2v) is 7.38. The lowest BCUT2D eigenvalue weighted by molar-refractivity contribution is 0.482. The minimum Gasteiger partial charge on any atom is -0.379 e. The number of nitrogens with two attached hydrogens (primary N) is 1. The van der Waals surface area contributed by atoms with Crippen molar-refractivity contribution in [1.29, 1.82) is 0 Å². The van der Waals surface area contributed by atoms with Crippen LogP contribution in [0.25, 0.3) is 12.2 Å². The molecule has 0 saturated carbocycles. The van der Waals surface area contributed by atoms with Gasteiger partial charge in [0.05, 0.1) is 5.54 Å². The molecule has 126 valence electrons. The molecule has 0 spiro atoms. The Hall–Kier alpha value is -1.42. The molecule has 2 aromatic carbocycles. The topological polar surface area (TPSA) is 38.4 Å². The summed E-state index contributed by atoms with van der Waals surface area (Å²) in [7, 11) is 0. The van der Waals surface area contributed by atoms with E-state index in [9.17, 15) is 0 Å². The molecule has 0 fully saturated rings. The van der Waals surface area contributed by atoms with Gasteiger partial charge in [-0.3, -0.25) is 4.99 Å². The highest BCUT2D eigenvalue weighted by molar-refractivity contribution is 8.13. The van der Waals surface area contributed by atoms with Crippen molar-refractivity contribution >= 4 is 53.1 Å². The molecular weight excluding hydrogens is 359 g/mol. The average molecular weight is 379 g/mol. The van der Waals surface area contributed by atoms with Crippen LogP contribution in [0.3, 0.4) is 0 Å². The first-order valence-electron chi connectivity index (χ1n) is 7.57. The van der Waals surface area contributed by atoms with Crippen molar-refractivity contribution in [1.82, 2.24) is 0 Å². The van der Waals surface area contributed by atoms with Crippen LogP contribution < -0.4 is 5.73 Å². The molecule has 2 nitrogen and oxygen atoms in total. The Morgan fingerprint density at radius 1 is 1.12 bits per heavy atom. The van der Waals surface area contributed by atoms with Crippen molar-refractivity contribution in [3.63, 3.8) is 0 Å². The Kier molecular flexibility index (Phi) is 6.39. The van der Waals surface area contributed by atoms with Gasteiger partial charge in [-0.15, -0.1) is 12.4 Å². The molecule has 5 heteroatoms. The van der Waals surface area contributed by atoms with Crippen LogP contribution in [0.4, 0.5) is 0 Å². The number of halogens is 2. The van der Waals surface area contributed by atoms with Crippen molar-refractivity contribution in [2.24, 2.45) is 10.7 Å². The van der Waals surface area contributed by atoms with Gasteiger partial charge >= 0.3 is 0 Å². The van der Waals surface area contributed by atoms with E-state index < -0.39 is 0 Å². The van der Waals surface area contributed by atoms with E-state index in [0.717, 1.165) is 28.3 Å². The number of thioether (sulfide) groups is 1. The predicted octanol–water partition coefficient (Wildman–Crippen LogP) is 5.60. The molecule has 2 aromatic rings. The number of rotatable bonds is 3. The van der Waals surface area contributed by atoms with Crippen LogP contribution in [0.15, 0.2) is 53.5 Å². The number of hydrogen-bond donors (Lipinski definition) is 1. The van der Waals surface area contributed by atoms with Crippen LogP contribution in [-0.4, -0.2) is 10.9 Å². The van der Waals surface area contributed by atoms with Crippen LogP contribution in [-0.2, 0) is 5.54 Å². The van der Waals surface area contributed by atoms with Gasteiger partial charge < -0.3 is 5.73 Å². The molecule has 1 atom stereocenters. The summed E-state index contributed by atoms with van der Waals surface area (Å²) in [6.45, 7) is 2.15. The summed E-state index contributed by atoms with van der Waals surface area (Å²) in [5.74, 6) is 1.01. The minimum absolute atomic E-state index is 0. The SMILES string of the molecule is CC1(c2cccc(/C=C/c3ccc(Cl)cc3)c2)CCSC(N)=N1.Cl. The smallest absolute Gasteiger partial charge is 0.154 e. The zero-order valence-electron chi connectivity index (χ0n) is 13.4. The number of nitrogens with zero attached hydrogens (tertiary/aromatic N) is 1. The third-order valence-corrected chi connectivity index (χ3v) is 5.09. The standard InChI is InChI=1S/C19H19ClN2S.ClH/c1-19(11-12-23-18(21)22-19)16-4-2-3-15(13-16)6-5-14-7-9-17(20)10-8-14;/h2-10,13H,11-12H2,1H3,(H2,21,22);1H/b6-5+;. The van der Waals surface area contributed by atoms with E-state index >= 15 is 0 Å². The lowest BCUT2D eigenvalue weighted by Crippen LogP contribution is -2.28. The van der Waals surface area contributed by atoms with Gasteiger partial charge in [0, 0.05) is 10.8 Å².